The number of nitrogens with zero attached hydrogens (tertiary/aromatic N) is 2. The highest BCUT2D eigenvalue weighted by molar-refractivity contribution is 6.43. The summed E-state index contributed by atoms with van der Waals surface area (Å²) < 4.78 is 6.53. The number of aliphatic hydroxyl groups is 1. The van der Waals surface area contributed by atoms with E-state index >= 15 is 0 Å². The molecule has 1 unspecified atom stereocenters. The molecule has 6 aliphatic rings. The molecular weight excluding hydrogens is 515 g/mol. The molecule has 192 valence electrons. The van der Waals surface area contributed by atoms with Gasteiger partial charge in [0.2, 0.25) is 0 Å². The molecule has 2 N–H and O–H groups in total. The summed E-state index contributed by atoms with van der Waals surface area (Å²) in [5.74, 6) is 0.364. The molecule has 4 fully saturated rings. The number of benzene rings is 2. The Hall–Kier alpha value is -2.32. The third kappa shape index (κ3) is 2.48. The molecule has 6 atom stereocenters. The first kappa shape index (κ1) is 22.6. The minimum absolute atomic E-state index is 0.0176. The molecule has 3 saturated carbocycles. The van der Waals surface area contributed by atoms with Crippen molar-refractivity contribution in [3.8, 4) is 11.5 Å². The number of piperidine rings is 1. The van der Waals surface area contributed by atoms with Crippen LogP contribution in [0.3, 0.4) is 0 Å². The molecule has 3 heterocycles. The number of carbonyl (C=O) groups excluding carboxylic acids is 2. The molecule has 9 heteroatoms. The molecule has 0 aromatic heterocycles. The lowest BCUT2D eigenvalue weighted by Gasteiger charge is -2.78. The van der Waals surface area contributed by atoms with Gasteiger partial charge in [0, 0.05) is 30.6 Å². The summed E-state index contributed by atoms with van der Waals surface area (Å²) in [4.78, 5) is 30.9. The van der Waals surface area contributed by atoms with E-state index in [0.717, 1.165) is 24.2 Å². The maximum absolute atomic E-state index is 13.6. The molecule has 0 bridgehead atoms. The van der Waals surface area contributed by atoms with Crippen molar-refractivity contribution in [1.29, 1.82) is 0 Å². The molecule has 2 aromatic rings. The molecule has 3 aliphatic carbocycles. The number of rotatable bonds is 3. The van der Waals surface area contributed by atoms with E-state index in [1.54, 1.807) is 6.07 Å². The molecule has 0 radical (unpaired) electrons. The molecular formula is C28H26Cl2N2O5. The van der Waals surface area contributed by atoms with Crippen LogP contribution in [0.25, 0.3) is 0 Å². The van der Waals surface area contributed by atoms with Crippen LogP contribution in [-0.2, 0) is 5.41 Å². The monoisotopic (exact) mass is 540 g/mol. The number of ether oxygens (including phenoxy) is 1. The first-order valence-electron chi connectivity index (χ1n) is 13.0. The van der Waals surface area contributed by atoms with Gasteiger partial charge in [0.1, 0.15) is 6.10 Å². The first-order chi connectivity index (χ1) is 17.7. The van der Waals surface area contributed by atoms with Gasteiger partial charge >= 0.3 is 0 Å². The predicted octanol–water partition coefficient (Wildman–Crippen LogP) is 3.92. The van der Waals surface area contributed by atoms with E-state index in [0.29, 0.717) is 24.5 Å². The molecule has 2 amide bonds. The summed E-state index contributed by atoms with van der Waals surface area (Å²) in [5.41, 5.74) is 0.364. The number of fused-ring (bicyclic) bond motifs is 4. The lowest BCUT2D eigenvalue weighted by Crippen LogP contribution is -2.92. The van der Waals surface area contributed by atoms with Gasteiger partial charge in [0.25, 0.3) is 11.8 Å². The Balaban J connectivity index is 1.25. The highest BCUT2D eigenvalue weighted by atomic mass is 35.5. The molecule has 37 heavy (non-hydrogen) atoms. The van der Waals surface area contributed by atoms with E-state index in [2.05, 4.69) is 4.90 Å². The smallest absolute Gasteiger partial charge is 0.261 e. The van der Waals surface area contributed by atoms with Crippen molar-refractivity contribution in [2.45, 2.75) is 61.8 Å². The normalized spacial score (nSPS) is 37.1. The molecule has 1 saturated heterocycles. The average molecular weight is 541 g/mol. The van der Waals surface area contributed by atoms with Gasteiger partial charge < -0.3 is 14.9 Å². The highest BCUT2D eigenvalue weighted by Crippen LogP contribution is 2.74. The summed E-state index contributed by atoms with van der Waals surface area (Å²) in [6.07, 6.45) is 2.67. The van der Waals surface area contributed by atoms with Crippen LogP contribution in [0, 0.1) is 18.8 Å². The van der Waals surface area contributed by atoms with Crippen LogP contribution in [-0.4, -0.2) is 68.7 Å². The van der Waals surface area contributed by atoms with Gasteiger partial charge in [-0.25, -0.2) is 0 Å². The molecule has 7 nitrogen and oxygen atoms in total. The van der Waals surface area contributed by atoms with Crippen LogP contribution in [0.2, 0.25) is 10.0 Å². The van der Waals surface area contributed by atoms with Gasteiger partial charge in [-0.15, -0.1) is 0 Å². The number of aromatic hydroxyl groups is 1. The number of likely N-dealkylation sites (tertiary alicyclic amines) is 1. The fourth-order valence-electron chi connectivity index (χ4n) is 8.50. The number of hydrogen-bond donors (Lipinski definition) is 2. The minimum Gasteiger partial charge on any atom is -0.504 e. The zero-order chi connectivity index (χ0) is 25.6. The quantitative estimate of drug-likeness (QED) is 0.573. The first-order valence-corrected chi connectivity index (χ1v) is 13.8. The van der Waals surface area contributed by atoms with Crippen molar-refractivity contribution >= 4 is 35.0 Å². The third-order valence-electron chi connectivity index (χ3n) is 10.1. The fraction of sp³-hybridized carbons (Fsp3) is 0.500. The van der Waals surface area contributed by atoms with Crippen molar-refractivity contribution in [3.05, 3.63) is 56.6 Å². The van der Waals surface area contributed by atoms with Gasteiger partial charge in [-0.3, -0.25) is 19.4 Å². The molecule has 3 aliphatic heterocycles. The number of aryl methyl sites for hydroxylation is 1. The van der Waals surface area contributed by atoms with Gasteiger partial charge in [-0.1, -0.05) is 29.3 Å². The standard InChI is InChI=1S/C28H26Cl2N2O5/c1-12-2-5-20(33)22-21(12)28-16-11-31(10-13-3-4-13)23(16)27(28,36)7-6-19(24(28)37-22)32-25(34)14-8-17(29)18(30)9-15(14)26(32)35/h2,5,8-9,13,16,19,23-24,33,36H,3-4,6-7,10-11H2,1H3/t16?,19-,23-,24+,27-,28+/m1/s1. The predicted molar refractivity (Wildman–Crippen MR) is 135 cm³/mol. The Labute approximate surface area is 223 Å². The molecule has 8 rings (SSSR count). The van der Waals surface area contributed by atoms with E-state index < -0.39 is 35.0 Å². The maximum Gasteiger partial charge on any atom is 0.261 e. The summed E-state index contributed by atoms with van der Waals surface area (Å²) >= 11 is 12.4. The van der Waals surface area contributed by atoms with Crippen molar-refractivity contribution in [2.75, 3.05) is 13.1 Å². The second kappa shape index (κ2) is 7.00. The Morgan fingerprint density at radius 3 is 2.41 bits per heavy atom. The lowest BCUT2D eigenvalue weighted by molar-refractivity contribution is -0.320. The van der Waals surface area contributed by atoms with Crippen LogP contribution in [0.5, 0.6) is 11.5 Å². The van der Waals surface area contributed by atoms with E-state index in [-0.39, 0.29) is 38.9 Å². The van der Waals surface area contributed by atoms with E-state index in [4.69, 9.17) is 27.9 Å². The lowest BCUT2D eigenvalue weighted by atomic mass is 9.35. The van der Waals surface area contributed by atoms with Crippen molar-refractivity contribution in [3.63, 3.8) is 0 Å². The Morgan fingerprint density at radius 1 is 1.08 bits per heavy atom. The fourth-order valence-corrected chi connectivity index (χ4v) is 8.83. The van der Waals surface area contributed by atoms with Crippen molar-refractivity contribution in [1.82, 2.24) is 9.80 Å². The van der Waals surface area contributed by atoms with E-state index in [1.165, 1.54) is 29.9 Å². The Kier molecular flexibility index (Phi) is 4.28. The van der Waals surface area contributed by atoms with Crippen LogP contribution < -0.4 is 4.74 Å². The summed E-state index contributed by atoms with van der Waals surface area (Å²) in [6, 6.07) is 5.80. The maximum atomic E-state index is 13.6. The Bertz CT molecular complexity index is 1400. The number of amides is 2. The van der Waals surface area contributed by atoms with E-state index in [1.807, 2.05) is 13.0 Å². The average Bonchev–Trinajstić information content (AvgIpc) is 3.54. The second-order valence-corrected chi connectivity index (χ2v) is 12.6. The number of carbonyl (C=O) groups is 2. The second-order valence-electron chi connectivity index (χ2n) is 11.8. The van der Waals surface area contributed by atoms with Crippen LogP contribution in [0.1, 0.15) is 57.5 Å². The van der Waals surface area contributed by atoms with Crippen LogP contribution >= 0.6 is 23.2 Å². The summed E-state index contributed by atoms with van der Waals surface area (Å²) in [5, 5.41) is 23.7. The van der Waals surface area contributed by atoms with Crippen molar-refractivity contribution < 1.29 is 24.5 Å². The number of phenols is 1. The SMILES string of the molecule is Cc1ccc(O)c2c1[C@]13C4CN(CC5CC5)[C@H]4[C@]1(O)CC[C@@H](N1C(=O)c4cc(Cl)c(Cl)cc4C1=O)[C@@H]3O2. The summed E-state index contributed by atoms with van der Waals surface area (Å²) in [7, 11) is 0. The number of phenolic OH excluding ortho intramolecular Hbond substituents is 1. The van der Waals surface area contributed by atoms with Crippen LogP contribution in [0.15, 0.2) is 24.3 Å². The summed E-state index contributed by atoms with van der Waals surface area (Å²) in [6.45, 7) is 3.81. The van der Waals surface area contributed by atoms with Gasteiger partial charge in [0.05, 0.1) is 38.2 Å². The van der Waals surface area contributed by atoms with Gasteiger partial charge in [-0.2, -0.15) is 0 Å². The van der Waals surface area contributed by atoms with E-state index in [9.17, 15) is 19.8 Å². The largest absolute Gasteiger partial charge is 0.504 e. The molecule has 2 aromatic carbocycles. The zero-order valence-corrected chi connectivity index (χ0v) is 21.7. The zero-order valence-electron chi connectivity index (χ0n) is 20.2. The third-order valence-corrected chi connectivity index (χ3v) is 10.8. The van der Waals surface area contributed by atoms with Gasteiger partial charge in [-0.05, 0) is 62.3 Å². The highest BCUT2D eigenvalue weighted by Gasteiger charge is 2.85. The molecule has 1 spiro atoms. The number of imide groups is 1. The topological polar surface area (TPSA) is 90.3 Å². The number of halogens is 2. The minimum atomic E-state index is -1.07. The Morgan fingerprint density at radius 2 is 1.76 bits per heavy atom. The van der Waals surface area contributed by atoms with Gasteiger partial charge in [0.15, 0.2) is 11.5 Å². The number of hydrogen-bond acceptors (Lipinski definition) is 6. The van der Waals surface area contributed by atoms with Crippen molar-refractivity contribution in [2.24, 2.45) is 11.8 Å². The van der Waals surface area contributed by atoms with Crippen LogP contribution in [0.4, 0.5) is 0 Å².